The van der Waals surface area contributed by atoms with Gasteiger partial charge in [-0.1, -0.05) is 51.1 Å². The molecule has 1 unspecified atom stereocenters. The highest BCUT2D eigenvalue weighted by Crippen LogP contribution is 2.30. The zero-order valence-corrected chi connectivity index (χ0v) is 13.5. The van der Waals surface area contributed by atoms with Crippen molar-refractivity contribution < 1.29 is 5.11 Å². The fraction of sp³-hybridized carbons (Fsp3) is 0.500. The van der Waals surface area contributed by atoms with Crippen LogP contribution in [0.25, 0.3) is 0 Å². The second kappa shape index (κ2) is 6.44. The lowest BCUT2D eigenvalue weighted by Gasteiger charge is -2.20. The number of aliphatic hydroxyl groups is 1. The average Bonchev–Trinajstić information content (AvgIpc) is 2.82. The van der Waals surface area contributed by atoms with E-state index in [4.69, 9.17) is 0 Å². The van der Waals surface area contributed by atoms with Crippen molar-refractivity contribution in [1.82, 2.24) is 9.78 Å². The van der Waals surface area contributed by atoms with Crippen molar-refractivity contribution >= 4 is 0 Å². The lowest BCUT2D eigenvalue weighted by atomic mass is 9.87. The Morgan fingerprint density at radius 1 is 1.19 bits per heavy atom. The topological polar surface area (TPSA) is 38.0 Å². The van der Waals surface area contributed by atoms with Gasteiger partial charge in [0.25, 0.3) is 0 Å². The predicted molar refractivity (Wildman–Crippen MR) is 86.2 cm³/mol. The van der Waals surface area contributed by atoms with Crippen LogP contribution < -0.4 is 0 Å². The molecule has 0 saturated heterocycles. The summed E-state index contributed by atoms with van der Waals surface area (Å²) < 4.78 is 1.80. The van der Waals surface area contributed by atoms with Gasteiger partial charge >= 0.3 is 0 Å². The van der Waals surface area contributed by atoms with Gasteiger partial charge in [-0.2, -0.15) is 5.10 Å². The molecular weight excluding hydrogens is 260 g/mol. The summed E-state index contributed by atoms with van der Waals surface area (Å²) in [5.74, 6) is 0. The number of rotatable bonds is 5. The number of benzene rings is 1. The molecule has 1 N–H and O–H groups in total. The van der Waals surface area contributed by atoms with Crippen LogP contribution in [0.1, 0.15) is 56.5 Å². The van der Waals surface area contributed by atoms with E-state index in [2.05, 4.69) is 50.1 Å². The van der Waals surface area contributed by atoms with Gasteiger partial charge in [0, 0.05) is 24.2 Å². The van der Waals surface area contributed by atoms with E-state index < -0.39 is 6.10 Å². The number of aliphatic hydroxyl groups excluding tert-OH is 1. The third-order valence-electron chi connectivity index (χ3n) is 3.71. The molecule has 21 heavy (non-hydrogen) atoms. The minimum atomic E-state index is -0.434. The summed E-state index contributed by atoms with van der Waals surface area (Å²) in [5, 5.41) is 15.0. The molecule has 114 valence electrons. The molecule has 3 nitrogen and oxygen atoms in total. The lowest BCUT2D eigenvalue weighted by Crippen LogP contribution is -2.16. The van der Waals surface area contributed by atoms with Crippen LogP contribution in [-0.4, -0.2) is 14.9 Å². The Labute approximate surface area is 127 Å². The van der Waals surface area contributed by atoms with Crippen LogP contribution in [0.2, 0.25) is 0 Å². The molecule has 0 aliphatic rings. The van der Waals surface area contributed by atoms with Crippen LogP contribution in [0, 0.1) is 0 Å². The van der Waals surface area contributed by atoms with E-state index in [1.54, 1.807) is 4.68 Å². The van der Waals surface area contributed by atoms with Gasteiger partial charge in [0.2, 0.25) is 0 Å². The van der Waals surface area contributed by atoms with Crippen molar-refractivity contribution in [3.63, 3.8) is 0 Å². The Morgan fingerprint density at radius 3 is 2.48 bits per heavy atom. The molecule has 1 atom stereocenters. The first-order valence-corrected chi connectivity index (χ1v) is 7.64. The largest absolute Gasteiger partial charge is 0.388 e. The van der Waals surface area contributed by atoms with Gasteiger partial charge in [-0.3, -0.25) is 4.68 Å². The summed E-state index contributed by atoms with van der Waals surface area (Å²) in [6, 6.07) is 10.4. The minimum absolute atomic E-state index is 0.0446. The van der Waals surface area contributed by atoms with Crippen LogP contribution in [0.15, 0.2) is 36.5 Å². The van der Waals surface area contributed by atoms with Crippen molar-refractivity contribution in [2.24, 2.45) is 7.05 Å². The van der Waals surface area contributed by atoms with E-state index in [1.807, 2.05) is 19.3 Å². The fourth-order valence-corrected chi connectivity index (χ4v) is 2.63. The van der Waals surface area contributed by atoms with Crippen molar-refractivity contribution in [3.05, 3.63) is 53.3 Å². The summed E-state index contributed by atoms with van der Waals surface area (Å²) in [4.78, 5) is 0. The molecule has 0 fully saturated rings. The third-order valence-corrected chi connectivity index (χ3v) is 3.71. The van der Waals surface area contributed by atoms with Gasteiger partial charge in [-0.15, -0.1) is 0 Å². The Bertz CT molecular complexity index is 567. The quantitative estimate of drug-likeness (QED) is 0.908. The minimum Gasteiger partial charge on any atom is -0.388 e. The maximum Gasteiger partial charge on any atom is 0.0823 e. The third kappa shape index (κ3) is 4.18. The first-order valence-electron chi connectivity index (χ1n) is 7.64. The highest BCUT2D eigenvalue weighted by Gasteiger charge is 2.25. The first kappa shape index (κ1) is 15.8. The second-order valence-electron chi connectivity index (χ2n) is 6.75. The number of hydrogen-bond acceptors (Lipinski definition) is 2. The van der Waals surface area contributed by atoms with Crippen molar-refractivity contribution in [2.45, 2.75) is 51.6 Å². The standard InChI is InChI=1S/C18H26N2O/c1-18(2,3)17-15(13-20(4)19-17)16(21)12-8-11-14-9-6-5-7-10-14/h5-7,9-10,13,16,21H,8,11-12H2,1-4H3. The number of hydrogen-bond donors (Lipinski definition) is 1. The maximum absolute atomic E-state index is 10.5. The van der Waals surface area contributed by atoms with Gasteiger partial charge in [-0.05, 0) is 24.8 Å². The van der Waals surface area contributed by atoms with E-state index in [0.717, 1.165) is 30.5 Å². The molecule has 0 saturated carbocycles. The summed E-state index contributed by atoms with van der Waals surface area (Å²) in [6.45, 7) is 6.40. The van der Waals surface area contributed by atoms with Gasteiger partial charge in [0.05, 0.1) is 11.8 Å². The molecule has 0 amide bonds. The van der Waals surface area contributed by atoms with Crippen LogP contribution >= 0.6 is 0 Å². The van der Waals surface area contributed by atoms with Gasteiger partial charge in [0.1, 0.15) is 0 Å². The van der Waals surface area contributed by atoms with E-state index >= 15 is 0 Å². The monoisotopic (exact) mass is 286 g/mol. The van der Waals surface area contributed by atoms with Crippen LogP contribution in [0.5, 0.6) is 0 Å². The van der Waals surface area contributed by atoms with Gasteiger partial charge in [-0.25, -0.2) is 0 Å². The van der Waals surface area contributed by atoms with E-state index in [1.165, 1.54) is 5.56 Å². The van der Waals surface area contributed by atoms with Crippen molar-refractivity contribution in [2.75, 3.05) is 0 Å². The summed E-state index contributed by atoms with van der Waals surface area (Å²) >= 11 is 0. The zero-order valence-electron chi connectivity index (χ0n) is 13.5. The van der Waals surface area contributed by atoms with Gasteiger partial charge < -0.3 is 5.11 Å². The molecule has 0 aliphatic heterocycles. The fourth-order valence-electron chi connectivity index (χ4n) is 2.63. The Kier molecular flexibility index (Phi) is 4.84. The second-order valence-corrected chi connectivity index (χ2v) is 6.75. The Morgan fingerprint density at radius 2 is 1.86 bits per heavy atom. The molecule has 1 aromatic heterocycles. The van der Waals surface area contributed by atoms with E-state index in [9.17, 15) is 5.11 Å². The van der Waals surface area contributed by atoms with Crippen LogP contribution in [0.4, 0.5) is 0 Å². The maximum atomic E-state index is 10.5. The van der Waals surface area contributed by atoms with E-state index in [-0.39, 0.29) is 5.41 Å². The summed E-state index contributed by atoms with van der Waals surface area (Å²) in [6.07, 6.45) is 4.26. The van der Waals surface area contributed by atoms with Crippen molar-refractivity contribution in [1.29, 1.82) is 0 Å². The SMILES string of the molecule is Cn1cc(C(O)CCCc2ccccc2)c(C(C)(C)C)n1. The van der Waals surface area contributed by atoms with Crippen LogP contribution in [0.3, 0.4) is 0 Å². The smallest absolute Gasteiger partial charge is 0.0823 e. The molecule has 0 spiro atoms. The molecule has 1 aromatic carbocycles. The number of nitrogens with zero attached hydrogens (tertiary/aromatic N) is 2. The lowest BCUT2D eigenvalue weighted by molar-refractivity contribution is 0.162. The Balaban J connectivity index is 1.99. The average molecular weight is 286 g/mol. The predicted octanol–water partition coefficient (Wildman–Crippen LogP) is 3.77. The molecule has 3 heteroatoms. The summed E-state index contributed by atoms with van der Waals surface area (Å²) in [7, 11) is 1.91. The highest BCUT2D eigenvalue weighted by molar-refractivity contribution is 5.26. The molecule has 2 aromatic rings. The zero-order chi connectivity index (χ0) is 15.5. The highest BCUT2D eigenvalue weighted by atomic mass is 16.3. The van der Waals surface area contributed by atoms with E-state index in [0.29, 0.717) is 0 Å². The van der Waals surface area contributed by atoms with Gasteiger partial charge in [0.15, 0.2) is 0 Å². The molecule has 2 rings (SSSR count). The molecule has 0 aliphatic carbocycles. The number of aryl methyl sites for hydroxylation is 2. The molecule has 0 radical (unpaired) electrons. The first-order chi connectivity index (χ1) is 9.88. The Hall–Kier alpha value is -1.61. The number of aromatic nitrogens is 2. The molecular formula is C18H26N2O. The van der Waals surface area contributed by atoms with Crippen molar-refractivity contribution in [3.8, 4) is 0 Å². The summed E-state index contributed by atoms with van der Waals surface area (Å²) in [5.41, 5.74) is 3.25. The van der Waals surface area contributed by atoms with Crippen LogP contribution in [-0.2, 0) is 18.9 Å². The molecule has 1 heterocycles. The molecule has 0 bridgehead atoms. The normalized spacial score (nSPS) is 13.4.